The van der Waals surface area contributed by atoms with Crippen LogP contribution in [0.3, 0.4) is 0 Å². The zero-order valence-corrected chi connectivity index (χ0v) is 14.8. The van der Waals surface area contributed by atoms with Crippen molar-refractivity contribution in [2.24, 2.45) is 11.7 Å². The van der Waals surface area contributed by atoms with Crippen molar-refractivity contribution in [3.05, 3.63) is 29.8 Å². The van der Waals surface area contributed by atoms with E-state index in [9.17, 15) is 18.0 Å². The maximum atomic E-state index is 12.9. The van der Waals surface area contributed by atoms with Gasteiger partial charge in [-0.1, -0.05) is 18.6 Å². The average Bonchev–Trinajstić information content (AvgIpc) is 2.52. The maximum Gasteiger partial charge on any atom is 0.419 e. The van der Waals surface area contributed by atoms with Crippen LogP contribution in [0.15, 0.2) is 24.3 Å². The average molecular weight is 381 g/mol. The van der Waals surface area contributed by atoms with Crippen molar-refractivity contribution in [1.82, 2.24) is 5.32 Å². The van der Waals surface area contributed by atoms with Gasteiger partial charge in [-0.15, -0.1) is 12.4 Å². The van der Waals surface area contributed by atoms with E-state index in [1.54, 1.807) is 6.92 Å². The lowest BCUT2D eigenvalue weighted by atomic mass is 9.85. The largest absolute Gasteiger partial charge is 0.491 e. The lowest BCUT2D eigenvalue weighted by molar-refractivity contribution is -0.139. The van der Waals surface area contributed by atoms with Gasteiger partial charge < -0.3 is 15.8 Å². The molecule has 0 bridgehead atoms. The van der Waals surface area contributed by atoms with Crippen LogP contribution in [0.4, 0.5) is 13.2 Å². The third-order valence-electron chi connectivity index (χ3n) is 4.16. The van der Waals surface area contributed by atoms with Gasteiger partial charge in [0.2, 0.25) is 5.91 Å². The van der Waals surface area contributed by atoms with Crippen molar-refractivity contribution in [3.63, 3.8) is 0 Å². The number of halogens is 4. The molecule has 1 aromatic carbocycles. The van der Waals surface area contributed by atoms with Crippen LogP contribution in [0, 0.1) is 5.92 Å². The molecule has 1 amide bonds. The molecule has 0 aliphatic heterocycles. The zero-order chi connectivity index (χ0) is 17.7. The second-order valence-electron chi connectivity index (χ2n) is 6.34. The summed E-state index contributed by atoms with van der Waals surface area (Å²) in [5.41, 5.74) is 5.06. The van der Waals surface area contributed by atoms with E-state index in [-0.39, 0.29) is 42.6 Å². The molecule has 4 nitrogen and oxygen atoms in total. The van der Waals surface area contributed by atoms with Gasteiger partial charge in [0.05, 0.1) is 11.6 Å². The van der Waals surface area contributed by atoms with Gasteiger partial charge in [-0.25, -0.2) is 0 Å². The molecule has 1 aliphatic rings. The van der Waals surface area contributed by atoms with Crippen molar-refractivity contribution in [1.29, 1.82) is 0 Å². The molecule has 0 radical (unpaired) electrons. The quantitative estimate of drug-likeness (QED) is 0.821. The van der Waals surface area contributed by atoms with Gasteiger partial charge >= 0.3 is 6.18 Å². The van der Waals surface area contributed by atoms with Gasteiger partial charge in [0.25, 0.3) is 0 Å². The van der Waals surface area contributed by atoms with E-state index in [4.69, 9.17) is 10.5 Å². The first-order valence-corrected chi connectivity index (χ1v) is 8.12. The third-order valence-corrected chi connectivity index (χ3v) is 4.16. The van der Waals surface area contributed by atoms with E-state index in [1.165, 1.54) is 18.2 Å². The molecule has 3 atom stereocenters. The van der Waals surface area contributed by atoms with Crippen molar-refractivity contribution in [3.8, 4) is 5.75 Å². The van der Waals surface area contributed by atoms with Gasteiger partial charge in [-0.05, 0) is 38.3 Å². The highest BCUT2D eigenvalue weighted by molar-refractivity contribution is 5.85. The van der Waals surface area contributed by atoms with Gasteiger partial charge in [0.1, 0.15) is 12.4 Å². The fraction of sp³-hybridized carbons (Fsp3) is 0.588. The summed E-state index contributed by atoms with van der Waals surface area (Å²) in [6, 6.07) is 4.70. The Morgan fingerprint density at radius 3 is 2.68 bits per heavy atom. The highest BCUT2D eigenvalue weighted by Crippen LogP contribution is 2.35. The predicted octanol–water partition coefficient (Wildman–Crippen LogP) is 3.53. The summed E-state index contributed by atoms with van der Waals surface area (Å²) in [6.45, 7) is 1.68. The number of para-hydroxylation sites is 1. The number of ether oxygens (including phenoxy) is 1. The Kier molecular flexibility index (Phi) is 8.02. The second-order valence-corrected chi connectivity index (χ2v) is 6.34. The van der Waals surface area contributed by atoms with E-state index in [2.05, 4.69) is 5.32 Å². The van der Waals surface area contributed by atoms with Gasteiger partial charge in [0, 0.05) is 12.0 Å². The summed E-state index contributed by atoms with van der Waals surface area (Å²) >= 11 is 0. The molecule has 3 unspecified atom stereocenters. The molecule has 1 aromatic rings. The van der Waals surface area contributed by atoms with Crippen LogP contribution in [-0.4, -0.2) is 24.6 Å². The molecule has 1 fully saturated rings. The Balaban J connectivity index is 0.00000312. The molecule has 0 heterocycles. The fourth-order valence-corrected chi connectivity index (χ4v) is 2.91. The minimum Gasteiger partial charge on any atom is -0.491 e. The zero-order valence-electron chi connectivity index (χ0n) is 14.0. The lowest BCUT2D eigenvalue weighted by Crippen LogP contribution is -2.43. The fourth-order valence-electron chi connectivity index (χ4n) is 2.91. The number of hydrogen-bond donors (Lipinski definition) is 2. The Hall–Kier alpha value is -1.47. The molecular formula is C17H24ClF3N2O2. The molecule has 25 heavy (non-hydrogen) atoms. The van der Waals surface area contributed by atoms with Crippen molar-refractivity contribution < 1.29 is 22.7 Å². The Bertz CT molecular complexity index is 569. The Labute approximate surface area is 151 Å². The highest BCUT2D eigenvalue weighted by atomic mass is 35.5. The van der Waals surface area contributed by atoms with E-state index < -0.39 is 17.8 Å². The minimum absolute atomic E-state index is 0. The molecule has 1 aliphatic carbocycles. The predicted molar refractivity (Wildman–Crippen MR) is 91.7 cm³/mol. The number of benzene rings is 1. The Morgan fingerprint density at radius 1 is 1.36 bits per heavy atom. The first-order chi connectivity index (χ1) is 11.3. The normalized spacial score (nSPS) is 21.8. The summed E-state index contributed by atoms with van der Waals surface area (Å²) in [5.74, 6) is -0.463. The number of carbonyl (C=O) groups excluding carboxylic acids is 1. The SMILES string of the molecule is CC(COc1ccccc1C(F)(F)F)NC(=O)C1CCCC(N)C1.Cl. The van der Waals surface area contributed by atoms with Crippen LogP contribution in [0.1, 0.15) is 38.2 Å². The summed E-state index contributed by atoms with van der Waals surface area (Å²) in [4.78, 5) is 12.2. The second kappa shape index (κ2) is 9.29. The van der Waals surface area contributed by atoms with Crippen LogP contribution in [0.2, 0.25) is 0 Å². The van der Waals surface area contributed by atoms with Crippen LogP contribution < -0.4 is 15.8 Å². The van der Waals surface area contributed by atoms with E-state index in [0.717, 1.165) is 25.3 Å². The number of carbonyl (C=O) groups is 1. The van der Waals surface area contributed by atoms with E-state index in [1.807, 2.05) is 0 Å². The van der Waals surface area contributed by atoms with Crippen LogP contribution in [0.5, 0.6) is 5.75 Å². The van der Waals surface area contributed by atoms with Crippen molar-refractivity contribution in [2.75, 3.05) is 6.61 Å². The number of alkyl halides is 3. The van der Waals surface area contributed by atoms with Gasteiger partial charge in [0.15, 0.2) is 0 Å². The van der Waals surface area contributed by atoms with E-state index in [0.29, 0.717) is 6.42 Å². The molecule has 1 saturated carbocycles. The summed E-state index contributed by atoms with van der Waals surface area (Å²) in [6.07, 6.45) is -1.18. The maximum absolute atomic E-state index is 12.9. The van der Waals surface area contributed by atoms with Crippen molar-refractivity contribution >= 4 is 18.3 Å². The molecular weight excluding hydrogens is 357 g/mol. The smallest absolute Gasteiger partial charge is 0.419 e. The molecule has 0 spiro atoms. The van der Waals surface area contributed by atoms with E-state index >= 15 is 0 Å². The highest BCUT2D eigenvalue weighted by Gasteiger charge is 2.34. The topological polar surface area (TPSA) is 64.3 Å². The molecule has 3 N–H and O–H groups in total. The molecule has 2 rings (SSSR count). The number of nitrogens with two attached hydrogens (primary N) is 1. The summed E-state index contributed by atoms with van der Waals surface area (Å²) < 4.78 is 44.0. The van der Waals surface area contributed by atoms with Gasteiger partial charge in [-0.2, -0.15) is 13.2 Å². The molecule has 0 saturated heterocycles. The summed E-state index contributed by atoms with van der Waals surface area (Å²) in [7, 11) is 0. The third kappa shape index (κ3) is 6.40. The number of rotatable bonds is 5. The molecule has 142 valence electrons. The lowest BCUT2D eigenvalue weighted by Gasteiger charge is -2.27. The first-order valence-electron chi connectivity index (χ1n) is 8.12. The number of amides is 1. The summed E-state index contributed by atoms with van der Waals surface area (Å²) in [5, 5.41) is 2.80. The number of nitrogens with one attached hydrogen (secondary N) is 1. The number of hydrogen-bond acceptors (Lipinski definition) is 3. The molecule has 8 heteroatoms. The Morgan fingerprint density at radius 2 is 2.04 bits per heavy atom. The van der Waals surface area contributed by atoms with Crippen LogP contribution in [-0.2, 0) is 11.0 Å². The first kappa shape index (κ1) is 21.6. The minimum atomic E-state index is -4.47. The molecule has 0 aromatic heterocycles. The standard InChI is InChI=1S/C17H23F3N2O2.ClH/c1-11(22-16(23)12-5-4-6-13(21)9-12)10-24-15-8-3-2-7-14(15)17(18,19)20;/h2-3,7-8,11-13H,4-6,9-10,21H2,1H3,(H,22,23);1H. The monoisotopic (exact) mass is 380 g/mol. The van der Waals surface area contributed by atoms with Crippen molar-refractivity contribution in [2.45, 2.75) is 50.9 Å². The van der Waals surface area contributed by atoms with Crippen LogP contribution >= 0.6 is 12.4 Å². The van der Waals surface area contributed by atoms with Gasteiger partial charge in [-0.3, -0.25) is 4.79 Å². The van der Waals surface area contributed by atoms with Crippen LogP contribution in [0.25, 0.3) is 0 Å².